The summed E-state index contributed by atoms with van der Waals surface area (Å²) in [6, 6.07) is 33.7. The molecule has 1 heterocycles. The largest absolute Gasteiger partial charge is 0.213 e. The summed E-state index contributed by atoms with van der Waals surface area (Å²) in [5.74, 6) is 2.52. The molecule has 1 spiro atoms. The molecule has 0 N–H and O–H groups in total. The van der Waals surface area contributed by atoms with E-state index in [9.17, 15) is 0 Å². The van der Waals surface area contributed by atoms with Crippen molar-refractivity contribution >= 4 is 5.57 Å². The molecule has 5 aromatic rings. The molecule has 1 aromatic heterocycles. The zero-order valence-electron chi connectivity index (χ0n) is 23.7. The van der Waals surface area contributed by atoms with Crippen molar-refractivity contribution in [1.82, 2.24) is 15.0 Å². The Morgan fingerprint density at radius 2 is 1.23 bits per heavy atom. The van der Waals surface area contributed by atoms with Gasteiger partial charge in [0.1, 0.15) is 5.82 Å². The first kappa shape index (κ1) is 24.4. The van der Waals surface area contributed by atoms with E-state index in [2.05, 4.69) is 134 Å². The summed E-state index contributed by atoms with van der Waals surface area (Å²) in [7, 11) is 0. The predicted molar refractivity (Wildman–Crippen MR) is 174 cm³/mol. The van der Waals surface area contributed by atoms with Gasteiger partial charge in [-0.25, -0.2) is 15.0 Å². The van der Waals surface area contributed by atoms with Crippen LogP contribution in [0.15, 0.2) is 134 Å². The summed E-state index contributed by atoms with van der Waals surface area (Å²) in [6.45, 7) is 0. The van der Waals surface area contributed by atoms with Gasteiger partial charge in [-0.1, -0.05) is 127 Å². The number of hydrogen-bond acceptors (Lipinski definition) is 3. The maximum absolute atomic E-state index is 5.15. The molecule has 3 heteroatoms. The van der Waals surface area contributed by atoms with Crippen LogP contribution in [0, 0.1) is 0 Å². The van der Waals surface area contributed by atoms with Crippen molar-refractivity contribution in [2.75, 3.05) is 0 Å². The number of nitrogens with zero attached hydrogens (tertiary/aromatic N) is 3. The standard InChI is InChI=1S/C40H29N3/c1-3-13-26(14-4-1)37-41-38(27-15-5-2-6-16-27)43-39(42-37)28-23-24-32-31-19-9-12-22-35(31)40(36(32)25-28)33-20-10-7-17-29(33)30-18-8-11-21-34(30)40/h1-5,7-13,15,17-26H,6,14,16H2. The van der Waals surface area contributed by atoms with Crippen LogP contribution in [0.1, 0.15) is 59.1 Å². The smallest absolute Gasteiger partial charge is 0.163 e. The number of fused-ring (bicyclic) bond motifs is 10. The van der Waals surface area contributed by atoms with Gasteiger partial charge in [0.2, 0.25) is 0 Å². The quantitative estimate of drug-likeness (QED) is 0.220. The molecular weight excluding hydrogens is 522 g/mol. The monoisotopic (exact) mass is 551 g/mol. The highest BCUT2D eigenvalue weighted by Crippen LogP contribution is 2.62. The average Bonchev–Trinajstić information content (AvgIpc) is 3.56. The van der Waals surface area contributed by atoms with Crippen molar-refractivity contribution in [3.8, 4) is 33.6 Å². The zero-order chi connectivity index (χ0) is 28.4. The Labute approximate surface area is 251 Å². The van der Waals surface area contributed by atoms with E-state index in [0.29, 0.717) is 0 Å². The summed E-state index contributed by atoms with van der Waals surface area (Å²) in [4.78, 5) is 15.3. The van der Waals surface area contributed by atoms with Crippen molar-refractivity contribution in [2.45, 2.75) is 30.6 Å². The zero-order valence-corrected chi connectivity index (χ0v) is 23.7. The van der Waals surface area contributed by atoms with E-state index in [-0.39, 0.29) is 11.3 Å². The van der Waals surface area contributed by atoms with Gasteiger partial charge in [-0.3, -0.25) is 0 Å². The molecular formula is C40H29N3. The molecule has 0 saturated heterocycles. The fraction of sp³-hybridized carbons (Fsp3) is 0.125. The van der Waals surface area contributed by atoms with Gasteiger partial charge in [0.05, 0.1) is 5.41 Å². The van der Waals surface area contributed by atoms with E-state index in [4.69, 9.17) is 15.0 Å². The van der Waals surface area contributed by atoms with Gasteiger partial charge in [-0.15, -0.1) is 0 Å². The summed E-state index contributed by atoms with van der Waals surface area (Å²) >= 11 is 0. The maximum Gasteiger partial charge on any atom is 0.163 e. The highest BCUT2D eigenvalue weighted by molar-refractivity contribution is 5.95. The van der Waals surface area contributed by atoms with E-state index in [1.807, 2.05) is 0 Å². The molecule has 4 aromatic carbocycles. The highest BCUT2D eigenvalue weighted by atomic mass is 15.0. The van der Waals surface area contributed by atoms with Gasteiger partial charge in [0.15, 0.2) is 11.6 Å². The van der Waals surface area contributed by atoms with Crippen molar-refractivity contribution in [2.24, 2.45) is 0 Å². The number of hydrogen-bond donors (Lipinski definition) is 0. The molecule has 3 nitrogen and oxygen atoms in total. The Morgan fingerprint density at radius 3 is 1.86 bits per heavy atom. The topological polar surface area (TPSA) is 38.7 Å². The normalized spacial score (nSPS) is 18.2. The molecule has 1 atom stereocenters. The van der Waals surface area contributed by atoms with Crippen LogP contribution in [0.25, 0.3) is 39.2 Å². The molecule has 4 aliphatic rings. The number of aromatic nitrogens is 3. The van der Waals surface area contributed by atoms with Gasteiger partial charge >= 0.3 is 0 Å². The first-order valence-corrected chi connectivity index (χ1v) is 15.2. The van der Waals surface area contributed by atoms with Gasteiger partial charge in [0, 0.05) is 11.5 Å². The Bertz CT molecular complexity index is 2010. The molecule has 9 rings (SSSR count). The van der Waals surface area contributed by atoms with E-state index in [0.717, 1.165) is 42.3 Å². The Balaban J connectivity index is 1.30. The third kappa shape index (κ3) is 3.51. The molecule has 0 saturated carbocycles. The van der Waals surface area contributed by atoms with Crippen LogP contribution in [-0.4, -0.2) is 15.0 Å². The second kappa shape index (κ2) is 9.43. The number of rotatable bonds is 3. The Morgan fingerprint density at radius 1 is 0.581 bits per heavy atom. The molecule has 204 valence electrons. The van der Waals surface area contributed by atoms with Crippen molar-refractivity contribution in [3.05, 3.63) is 167 Å². The van der Waals surface area contributed by atoms with Crippen LogP contribution in [0.3, 0.4) is 0 Å². The number of allylic oxidation sites excluding steroid dienone is 8. The second-order valence-electron chi connectivity index (χ2n) is 11.8. The molecule has 0 radical (unpaired) electrons. The third-order valence-corrected chi connectivity index (χ3v) is 9.52. The van der Waals surface area contributed by atoms with Gasteiger partial charge in [-0.2, -0.15) is 0 Å². The first-order chi connectivity index (χ1) is 21.3. The minimum Gasteiger partial charge on any atom is -0.213 e. The minimum atomic E-state index is -0.387. The maximum atomic E-state index is 5.15. The average molecular weight is 552 g/mol. The van der Waals surface area contributed by atoms with Crippen molar-refractivity contribution in [3.63, 3.8) is 0 Å². The Hall–Kier alpha value is -5.15. The second-order valence-corrected chi connectivity index (χ2v) is 11.8. The molecule has 4 aliphatic carbocycles. The Kier molecular flexibility index (Phi) is 5.36. The van der Waals surface area contributed by atoms with Gasteiger partial charge in [0.25, 0.3) is 0 Å². The van der Waals surface area contributed by atoms with Crippen LogP contribution in [0.2, 0.25) is 0 Å². The van der Waals surface area contributed by atoms with Crippen LogP contribution in [0.4, 0.5) is 0 Å². The van der Waals surface area contributed by atoms with Crippen LogP contribution in [0.5, 0.6) is 0 Å². The lowest BCUT2D eigenvalue weighted by Crippen LogP contribution is -2.25. The lowest BCUT2D eigenvalue weighted by molar-refractivity contribution is 0.754. The van der Waals surface area contributed by atoms with Crippen LogP contribution in [-0.2, 0) is 5.41 Å². The van der Waals surface area contributed by atoms with E-state index >= 15 is 0 Å². The fourth-order valence-corrected chi connectivity index (χ4v) is 7.63. The molecule has 43 heavy (non-hydrogen) atoms. The fourth-order valence-electron chi connectivity index (χ4n) is 7.63. The van der Waals surface area contributed by atoms with E-state index in [1.54, 1.807) is 0 Å². The van der Waals surface area contributed by atoms with Crippen LogP contribution >= 0.6 is 0 Å². The summed E-state index contributed by atoms with van der Waals surface area (Å²) in [5.41, 5.74) is 12.3. The lowest BCUT2D eigenvalue weighted by atomic mass is 9.70. The summed E-state index contributed by atoms with van der Waals surface area (Å²) < 4.78 is 0. The number of benzene rings is 4. The van der Waals surface area contributed by atoms with E-state index < -0.39 is 0 Å². The molecule has 0 amide bonds. The summed E-state index contributed by atoms with van der Waals surface area (Å²) in [6.07, 6.45) is 17.9. The minimum absolute atomic E-state index is 0.142. The first-order valence-electron chi connectivity index (χ1n) is 15.2. The lowest BCUT2D eigenvalue weighted by Gasteiger charge is -2.30. The SMILES string of the molecule is C1=CCCC(c2nc(-c3ccc4c(c3)C3(c5ccccc5-c5ccccc53)c3ccccc3-4)nc(C3C=CC=CC3)n2)=C1. The molecule has 0 aliphatic heterocycles. The van der Waals surface area contributed by atoms with Crippen molar-refractivity contribution < 1.29 is 0 Å². The highest BCUT2D eigenvalue weighted by Gasteiger charge is 2.51. The van der Waals surface area contributed by atoms with Gasteiger partial charge < -0.3 is 0 Å². The third-order valence-electron chi connectivity index (χ3n) is 9.52. The predicted octanol–water partition coefficient (Wildman–Crippen LogP) is 9.22. The van der Waals surface area contributed by atoms with E-state index in [1.165, 1.54) is 50.1 Å². The summed E-state index contributed by atoms with van der Waals surface area (Å²) in [5, 5.41) is 0. The molecule has 0 bridgehead atoms. The van der Waals surface area contributed by atoms with Gasteiger partial charge in [-0.05, 0) is 75.4 Å². The van der Waals surface area contributed by atoms with Crippen LogP contribution < -0.4 is 0 Å². The van der Waals surface area contributed by atoms with Crippen molar-refractivity contribution in [1.29, 1.82) is 0 Å². The molecule has 1 unspecified atom stereocenters. The molecule has 0 fully saturated rings.